The molecule has 1 spiro atoms. The number of piperidine rings is 1. The SMILES string of the molecule is CC(C)c1csc(C(=O)N2CCOC3(CCN(Cc4cccc(CCNC[C@H](O)c5ccc(O)c6[nH]c(=O)sc56)c4F)CC3)C2)c1.O=C(O)C(F)(F)F.O=C(O)C(F)(F)F. The highest BCUT2D eigenvalue weighted by atomic mass is 32.1. The molecule has 4 aromatic rings. The number of thiophene rings is 1. The van der Waals surface area contributed by atoms with Crippen LogP contribution in [-0.4, -0.2) is 117 Å². The van der Waals surface area contributed by atoms with E-state index in [4.69, 9.17) is 24.5 Å². The largest absolute Gasteiger partial charge is 0.506 e. The smallest absolute Gasteiger partial charge is 0.490 e. The van der Waals surface area contributed by atoms with Crippen LogP contribution in [0.4, 0.5) is 30.7 Å². The number of phenolic OH excluding ortho intramolecular Hbond substituents is 1. The van der Waals surface area contributed by atoms with Crippen molar-refractivity contribution in [2.45, 2.75) is 69.6 Å². The Hall–Kier alpha value is -4.61. The Bertz CT molecular complexity index is 2140. The van der Waals surface area contributed by atoms with Crippen LogP contribution in [0.3, 0.4) is 0 Å². The molecule has 2 aliphatic rings. The van der Waals surface area contributed by atoms with E-state index in [0.717, 1.165) is 42.1 Å². The summed E-state index contributed by atoms with van der Waals surface area (Å²) in [6.45, 7) is 8.71. The first-order valence-electron chi connectivity index (χ1n) is 18.3. The van der Waals surface area contributed by atoms with Gasteiger partial charge in [0.2, 0.25) is 0 Å². The Balaban J connectivity index is 0.000000488. The van der Waals surface area contributed by atoms with Crippen molar-refractivity contribution < 1.29 is 70.3 Å². The Morgan fingerprint density at radius 2 is 1.60 bits per heavy atom. The van der Waals surface area contributed by atoms with Gasteiger partial charge >= 0.3 is 29.2 Å². The molecule has 1 amide bonds. The van der Waals surface area contributed by atoms with E-state index in [1.54, 1.807) is 12.1 Å². The maximum atomic E-state index is 15.6. The molecule has 22 heteroatoms. The van der Waals surface area contributed by atoms with Crippen LogP contribution in [0.2, 0.25) is 0 Å². The number of aliphatic hydroxyl groups excluding tert-OH is 1. The second-order valence-electron chi connectivity index (χ2n) is 14.3. The number of aromatic nitrogens is 1. The number of benzene rings is 2. The van der Waals surface area contributed by atoms with Crippen LogP contribution in [0, 0.1) is 5.82 Å². The molecule has 1 atom stereocenters. The maximum absolute atomic E-state index is 15.6. The molecule has 6 N–H and O–H groups in total. The Kier molecular flexibility index (Phi) is 16.3. The first kappa shape index (κ1) is 48.1. The fourth-order valence-corrected chi connectivity index (χ4v) is 8.38. The predicted octanol–water partition coefficient (Wildman–Crippen LogP) is 6.26. The Labute approximate surface area is 346 Å². The van der Waals surface area contributed by atoms with Gasteiger partial charge < -0.3 is 40.4 Å². The van der Waals surface area contributed by atoms with Crippen LogP contribution in [0.5, 0.6) is 5.75 Å². The van der Waals surface area contributed by atoms with Gasteiger partial charge in [-0.1, -0.05) is 49.4 Å². The van der Waals surface area contributed by atoms with E-state index in [1.807, 2.05) is 23.1 Å². The number of carbonyl (C=O) groups is 3. The number of ether oxygens (including phenoxy) is 1. The van der Waals surface area contributed by atoms with Gasteiger partial charge in [0.15, 0.2) is 0 Å². The molecular weight excluding hydrogens is 854 g/mol. The number of hydrogen-bond acceptors (Lipinski definition) is 11. The number of rotatable bonds is 10. The lowest BCUT2D eigenvalue weighted by Crippen LogP contribution is -2.57. The minimum absolute atomic E-state index is 0.0351. The summed E-state index contributed by atoms with van der Waals surface area (Å²) in [7, 11) is 0. The number of alkyl halides is 6. The molecule has 0 aliphatic carbocycles. The number of H-pyrrole nitrogens is 1. The molecule has 4 heterocycles. The fraction of sp³-hybridized carbons (Fsp3) is 0.474. The summed E-state index contributed by atoms with van der Waals surface area (Å²) in [5.41, 5.74) is 2.99. The van der Waals surface area contributed by atoms with Gasteiger partial charge in [-0.05, 0) is 60.4 Å². The molecule has 2 fully saturated rings. The van der Waals surface area contributed by atoms with Crippen LogP contribution in [0.1, 0.15) is 70.6 Å². The van der Waals surface area contributed by atoms with Gasteiger partial charge in [-0.25, -0.2) is 14.0 Å². The average Bonchev–Trinajstić information content (AvgIpc) is 3.83. The van der Waals surface area contributed by atoms with Crippen molar-refractivity contribution in [1.82, 2.24) is 20.1 Å². The molecule has 0 unspecified atom stereocenters. The van der Waals surface area contributed by atoms with Gasteiger partial charge in [0.05, 0.1) is 34.4 Å². The number of nitrogens with one attached hydrogen (secondary N) is 2. The number of hydrogen-bond donors (Lipinski definition) is 6. The van der Waals surface area contributed by atoms with Crippen LogP contribution >= 0.6 is 22.7 Å². The van der Waals surface area contributed by atoms with E-state index in [2.05, 4.69) is 34.4 Å². The summed E-state index contributed by atoms with van der Waals surface area (Å²) >= 11 is 2.47. The number of thiazole rings is 1. The van der Waals surface area contributed by atoms with Crippen LogP contribution in [0.15, 0.2) is 46.6 Å². The second kappa shape index (κ2) is 20.3. The molecule has 2 saturated heterocycles. The number of morpholine rings is 1. The van der Waals surface area contributed by atoms with Gasteiger partial charge in [-0.2, -0.15) is 26.3 Å². The molecule has 13 nitrogen and oxygen atoms in total. The number of fused-ring (bicyclic) bond motifs is 1. The number of aromatic hydroxyl groups is 1. The zero-order valence-corrected chi connectivity index (χ0v) is 33.8. The third kappa shape index (κ3) is 12.9. The number of phenols is 1. The third-order valence-electron chi connectivity index (χ3n) is 9.69. The molecule has 60 heavy (non-hydrogen) atoms. The molecule has 0 saturated carbocycles. The molecule has 2 aromatic heterocycles. The molecule has 2 aromatic carbocycles. The number of likely N-dealkylation sites (tertiary alicyclic amines) is 1. The quantitative estimate of drug-likeness (QED) is 0.0778. The fourth-order valence-electron chi connectivity index (χ4n) is 6.42. The number of carbonyl (C=O) groups excluding carboxylic acids is 1. The number of nitrogens with zero attached hydrogens (tertiary/aromatic N) is 2. The second-order valence-corrected chi connectivity index (χ2v) is 16.2. The Morgan fingerprint density at radius 3 is 2.18 bits per heavy atom. The van der Waals surface area contributed by atoms with Gasteiger partial charge in [0, 0.05) is 43.9 Å². The van der Waals surface area contributed by atoms with Crippen molar-refractivity contribution in [3.63, 3.8) is 0 Å². The van der Waals surface area contributed by atoms with Crippen LogP contribution in [-0.2, 0) is 27.3 Å². The summed E-state index contributed by atoms with van der Waals surface area (Å²) in [4.78, 5) is 50.1. The number of halogens is 7. The number of aliphatic hydroxyl groups is 1. The summed E-state index contributed by atoms with van der Waals surface area (Å²) in [6.07, 6.45) is -9.02. The van der Waals surface area contributed by atoms with Crippen molar-refractivity contribution in [3.8, 4) is 5.75 Å². The van der Waals surface area contributed by atoms with E-state index in [-0.39, 0.29) is 34.5 Å². The van der Waals surface area contributed by atoms with E-state index in [0.29, 0.717) is 72.0 Å². The molecule has 2 aliphatic heterocycles. The number of aliphatic carboxylic acids is 2. The average molecular weight is 897 g/mol. The lowest BCUT2D eigenvalue weighted by Gasteiger charge is -2.47. The van der Waals surface area contributed by atoms with E-state index < -0.39 is 30.4 Å². The molecule has 330 valence electrons. The van der Waals surface area contributed by atoms with Crippen molar-refractivity contribution in [2.24, 2.45) is 0 Å². The maximum Gasteiger partial charge on any atom is 0.490 e. The van der Waals surface area contributed by atoms with Gasteiger partial charge in [-0.15, -0.1) is 11.3 Å². The number of carboxylic acids is 2. The topological polar surface area (TPSA) is 193 Å². The zero-order chi connectivity index (χ0) is 44.6. The lowest BCUT2D eigenvalue weighted by atomic mass is 9.89. The van der Waals surface area contributed by atoms with Crippen molar-refractivity contribution in [3.05, 3.63) is 84.4 Å². The summed E-state index contributed by atoms with van der Waals surface area (Å²) < 4.78 is 85.9. The summed E-state index contributed by atoms with van der Waals surface area (Å²) in [6, 6.07) is 10.6. The number of amides is 1. The van der Waals surface area contributed by atoms with Crippen LogP contribution in [0.25, 0.3) is 10.2 Å². The van der Waals surface area contributed by atoms with Gasteiger partial charge in [-0.3, -0.25) is 14.5 Å². The van der Waals surface area contributed by atoms with Gasteiger partial charge in [0.1, 0.15) is 17.1 Å². The van der Waals surface area contributed by atoms with E-state index >= 15 is 4.39 Å². The van der Waals surface area contributed by atoms with Crippen LogP contribution < -0.4 is 10.2 Å². The number of aromatic amines is 1. The minimum Gasteiger partial charge on any atom is -0.506 e. The molecule has 0 bridgehead atoms. The standard InChI is InChI=1S/C34H41FN4O5S2.2C2HF3O2/c1-21(2)24-16-28(45-19-24)32(42)39-14-15-44-34(20-39)9-12-38(13-10-34)18-23-5-3-4-22(29(23)35)8-11-36-17-27(41)25-6-7-26(40)30-31(25)46-33(43)37-30;2*3-2(4,5)1(6)7/h3-7,16,19,21,27,36,40-41H,8-15,17-18,20H2,1-2H3,(H,37,43);2*(H,6,7)/t27-;;/m0../s1. The van der Waals surface area contributed by atoms with Crippen molar-refractivity contribution >= 4 is 50.7 Å². The van der Waals surface area contributed by atoms with Crippen molar-refractivity contribution in [2.75, 3.05) is 45.9 Å². The first-order chi connectivity index (χ1) is 28.0. The molecule has 6 rings (SSSR count). The number of carboxylic acid groups (broad SMARTS) is 2. The zero-order valence-electron chi connectivity index (χ0n) is 32.2. The van der Waals surface area contributed by atoms with E-state index in [1.165, 1.54) is 23.0 Å². The third-order valence-corrected chi connectivity index (χ3v) is 11.6. The lowest BCUT2D eigenvalue weighted by molar-refractivity contribution is -0.193. The minimum atomic E-state index is -5.08. The first-order valence-corrected chi connectivity index (χ1v) is 20.0. The van der Waals surface area contributed by atoms with Gasteiger partial charge in [0.25, 0.3) is 5.91 Å². The summed E-state index contributed by atoms with van der Waals surface area (Å²) in [5.74, 6) is -5.27. The van der Waals surface area contributed by atoms with Crippen molar-refractivity contribution in [1.29, 1.82) is 0 Å². The molecular formula is C38H43F7N4O9S2. The highest BCUT2D eigenvalue weighted by molar-refractivity contribution is 7.16. The normalized spacial score (nSPS) is 16.2. The van der Waals surface area contributed by atoms with E-state index in [9.17, 15) is 46.1 Å². The molecule has 0 radical (unpaired) electrons. The highest BCUT2D eigenvalue weighted by Gasteiger charge is 2.42. The highest BCUT2D eigenvalue weighted by Crippen LogP contribution is 2.34. The summed E-state index contributed by atoms with van der Waals surface area (Å²) in [5, 5.41) is 40.3. The predicted molar refractivity (Wildman–Crippen MR) is 207 cm³/mol. The Morgan fingerprint density at radius 1 is 0.983 bits per heavy atom. The monoisotopic (exact) mass is 896 g/mol.